The second-order valence-electron chi connectivity index (χ2n) is 5.34. The van der Waals surface area contributed by atoms with Gasteiger partial charge in [-0.1, -0.05) is 6.92 Å². The summed E-state index contributed by atoms with van der Waals surface area (Å²) in [5, 5.41) is 14.7. The molecule has 104 valence electrons. The van der Waals surface area contributed by atoms with E-state index in [2.05, 4.69) is 12.2 Å². The first-order valence-electron chi connectivity index (χ1n) is 6.37. The monoisotopic (exact) mass is 257 g/mol. The molecule has 0 saturated heterocycles. The minimum atomic E-state index is -0.857. The van der Waals surface area contributed by atoms with Crippen LogP contribution in [0, 0.1) is 5.92 Å². The van der Waals surface area contributed by atoms with Gasteiger partial charge in [0.1, 0.15) is 0 Å². The molecule has 0 aliphatic heterocycles. The number of hydrogen-bond acceptors (Lipinski definition) is 4. The van der Waals surface area contributed by atoms with Crippen molar-refractivity contribution in [1.29, 1.82) is 0 Å². The highest BCUT2D eigenvalue weighted by atomic mass is 16.3. The average Bonchev–Trinajstić information content (AvgIpc) is 2.31. The van der Waals surface area contributed by atoms with Crippen molar-refractivity contribution in [3.63, 3.8) is 0 Å². The summed E-state index contributed by atoms with van der Waals surface area (Å²) in [4.78, 5) is 22.2. The maximum atomic E-state index is 11.6. The Kier molecular flexibility index (Phi) is 5.10. The van der Waals surface area contributed by atoms with Gasteiger partial charge in [-0.25, -0.2) is 4.79 Å². The van der Waals surface area contributed by atoms with E-state index in [9.17, 15) is 14.7 Å². The molecular weight excluding hydrogens is 234 g/mol. The predicted molar refractivity (Wildman–Crippen MR) is 67.8 cm³/mol. The summed E-state index contributed by atoms with van der Waals surface area (Å²) in [6.45, 7) is 3.84. The number of amides is 3. The first-order valence-corrected chi connectivity index (χ1v) is 6.37. The minimum Gasteiger partial charge on any atom is -0.394 e. The third-order valence-electron chi connectivity index (χ3n) is 3.70. The van der Waals surface area contributed by atoms with Gasteiger partial charge in [-0.05, 0) is 38.5 Å². The van der Waals surface area contributed by atoms with Crippen molar-refractivity contribution >= 4 is 11.9 Å². The number of nitrogens with two attached hydrogens (primary N) is 1. The summed E-state index contributed by atoms with van der Waals surface area (Å²) < 4.78 is 0. The van der Waals surface area contributed by atoms with Crippen LogP contribution in [-0.2, 0) is 4.79 Å². The molecule has 0 aromatic rings. The van der Waals surface area contributed by atoms with Crippen LogP contribution in [0.4, 0.5) is 4.79 Å². The first kappa shape index (κ1) is 14.9. The van der Waals surface area contributed by atoms with Gasteiger partial charge in [0.15, 0.2) is 0 Å². The summed E-state index contributed by atoms with van der Waals surface area (Å²) in [6.07, 6.45) is 3.72. The van der Waals surface area contributed by atoms with Gasteiger partial charge in [-0.3, -0.25) is 15.4 Å². The minimum absolute atomic E-state index is 0.00604. The summed E-state index contributed by atoms with van der Waals surface area (Å²) in [6, 6.07) is -1.41. The number of rotatable bonds is 4. The van der Waals surface area contributed by atoms with Gasteiger partial charge in [0.05, 0.1) is 12.6 Å². The van der Waals surface area contributed by atoms with Gasteiger partial charge in [0.25, 0.3) is 0 Å². The van der Waals surface area contributed by atoms with Gasteiger partial charge in [-0.15, -0.1) is 0 Å². The highest BCUT2D eigenvalue weighted by Crippen LogP contribution is 2.31. The molecule has 1 atom stereocenters. The highest BCUT2D eigenvalue weighted by molar-refractivity contribution is 5.96. The quantitative estimate of drug-likeness (QED) is 0.573. The van der Waals surface area contributed by atoms with E-state index in [0.717, 1.165) is 25.7 Å². The van der Waals surface area contributed by atoms with Gasteiger partial charge in [-0.2, -0.15) is 0 Å². The molecule has 0 aromatic heterocycles. The molecule has 5 N–H and O–H groups in total. The predicted octanol–water partition coefficient (Wildman–Crippen LogP) is 0.101. The normalized spacial score (nSPS) is 29.6. The number of urea groups is 1. The van der Waals surface area contributed by atoms with E-state index >= 15 is 0 Å². The molecule has 1 fully saturated rings. The Morgan fingerprint density at radius 2 is 2.00 bits per heavy atom. The smallest absolute Gasteiger partial charge is 0.318 e. The fourth-order valence-corrected chi connectivity index (χ4v) is 2.42. The average molecular weight is 257 g/mol. The van der Waals surface area contributed by atoms with Crippen molar-refractivity contribution < 1.29 is 14.7 Å². The molecule has 0 spiro atoms. The van der Waals surface area contributed by atoms with Crippen LogP contribution in [0.5, 0.6) is 0 Å². The van der Waals surface area contributed by atoms with Crippen molar-refractivity contribution in [1.82, 2.24) is 10.6 Å². The molecule has 0 heterocycles. The van der Waals surface area contributed by atoms with Crippen LogP contribution in [0.2, 0.25) is 0 Å². The molecule has 0 aromatic carbocycles. The number of hydrogen-bond donors (Lipinski definition) is 4. The van der Waals surface area contributed by atoms with Gasteiger partial charge >= 0.3 is 6.03 Å². The van der Waals surface area contributed by atoms with Crippen LogP contribution >= 0.6 is 0 Å². The van der Waals surface area contributed by atoms with Crippen molar-refractivity contribution in [2.45, 2.75) is 51.1 Å². The second-order valence-corrected chi connectivity index (χ2v) is 5.34. The number of aliphatic hydroxyl groups is 1. The number of aliphatic hydroxyl groups excluding tert-OH is 1. The molecule has 6 heteroatoms. The van der Waals surface area contributed by atoms with Crippen LogP contribution in [0.15, 0.2) is 0 Å². The van der Waals surface area contributed by atoms with Gasteiger partial charge in [0.2, 0.25) is 5.91 Å². The number of nitrogens with one attached hydrogen (secondary N) is 2. The lowest BCUT2D eigenvalue weighted by atomic mass is 9.77. The molecule has 1 unspecified atom stereocenters. The molecule has 1 aliphatic carbocycles. The van der Waals surface area contributed by atoms with E-state index in [-0.39, 0.29) is 6.61 Å². The Morgan fingerprint density at radius 1 is 1.44 bits per heavy atom. The summed E-state index contributed by atoms with van der Waals surface area (Å²) >= 11 is 0. The molecule has 1 saturated carbocycles. The Bertz CT molecular complexity index is 312. The maximum Gasteiger partial charge on any atom is 0.318 e. The van der Waals surface area contributed by atoms with E-state index in [1.54, 1.807) is 6.92 Å². The van der Waals surface area contributed by atoms with Crippen LogP contribution in [0.25, 0.3) is 0 Å². The zero-order valence-electron chi connectivity index (χ0n) is 11.0. The highest BCUT2D eigenvalue weighted by Gasteiger charge is 2.35. The number of imide groups is 1. The van der Waals surface area contributed by atoms with Crippen LogP contribution in [0.3, 0.4) is 0 Å². The second kappa shape index (κ2) is 6.15. The first-order chi connectivity index (χ1) is 8.38. The van der Waals surface area contributed by atoms with E-state index in [1.165, 1.54) is 0 Å². The van der Waals surface area contributed by atoms with Crippen molar-refractivity contribution in [3.05, 3.63) is 0 Å². The fraction of sp³-hybridized carbons (Fsp3) is 0.833. The summed E-state index contributed by atoms with van der Waals surface area (Å²) in [5.41, 5.74) is 4.48. The molecule has 6 nitrogen and oxygen atoms in total. The van der Waals surface area contributed by atoms with E-state index < -0.39 is 23.5 Å². The molecular formula is C12H23N3O3. The van der Waals surface area contributed by atoms with E-state index in [0.29, 0.717) is 5.92 Å². The Labute approximate surface area is 107 Å². The topological polar surface area (TPSA) is 104 Å². The number of carbonyl (C=O) groups is 2. The zero-order valence-corrected chi connectivity index (χ0v) is 11.0. The third kappa shape index (κ3) is 3.96. The lowest BCUT2D eigenvalue weighted by Crippen LogP contribution is -2.58. The molecule has 0 bridgehead atoms. The molecule has 1 rings (SSSR count). The Hall–Kier alpha value is -1.14. The van der Waals surface area contributed by atoms with Crippen molar-refractivity contribution in [3.8, 4) is 0 Å². The summed E-state index contributed by atoms with van der Waals surface area (Å²) in [5.74, 6) is 0.190. The number of primary amides is 1. The molecule has 18 heavy (non-hydrogen) atoms. The Morgan fingerprint density at radius 3 is 2.44 bits per heavy atom. The summed E-state index contributed by atoms with van der Waals surface area (Å²) in [7, 11) is 0. The standard InChI is InChI=1S/C12H23N3O3/c1-8-3-5-12(7-16,6-4-8)15-9(2)10(17)14-11(13)18/h8-9,15-16H,3-7H2,1-2H3,(H3,13,14,17,18). The zero-order chi connectivity index (χ0) is 13.8. The van der Waals surface area contributed by atoms with E-state index in [4.69, 9.17) is 5.73 Å². The van der Waals surface area contributed by atoms with E-state index in [1.807, 2.05) is 5.32 Å². The van der Waals surface area contributed by atoms with Crippen molar-refractivity contribution in [2.24, 2.45) is 11.7 Å². The van der Waals surface area contributed by atoms with Crippen molar-refractivity contribution in [2.75, 3.05) is 6.61 Å². The fourth-order valence-electron chi connectivity index (χ4n) is 2.42. The lowest BCUT2D eigenvalue weighted by Gasteiger charge is -2.40. The van der Waals surface area contributed by atoms with Crippen LogP contribution < -0.4 is 16.4 Å². The van der Waals surface area contributed by atoms with Crippen LogP contribution in [0.1, 0.15) is 39.5 Å². The molecule has 0 radical (unpaired) electrons. The largest absolute Gasteiger partial charge is 0.394 e. The SMILES string of the molecule is CC1CCC(CO)(NC(C)C(=O)NC(N)=O)CC1. The molecule has 3 amide bonds. The third-order valence-corrected chi connectivity index (χ3v) is 3.70. The maximum absolute atomic E-state index is 11.6. The molecule has 1 aliphatic rings. The lowest BCUT2D eigenvalue weighted by molar-refractivity contribution is -0.122. The van der Waals surface area contributed by atoms with Gasteiger partial charge < -0.3 is 10.8 Å². The van der Waals surface area contributed by atoms with Crippen LogP contribution in [-0.4, -0.2) is 35.2 Å². The van der Waals surface area contributed by atoms with Gasteiger partial charge in [0, 0.05) is 5.54 Å². The number of carbonyl (C=O) groups excluding carboxylic acids is 2. The Balaban J connectivity index is 2.57.